The number of aryl methyl sites for hydroxylation is 1. The van der Waals surface area contributed by atoms with Crippen molar-refractivity contribution >= 4 is 23.2 Å². The van der Waals surface area contributed by atoms with E-state index in [0.29, 0.717) is 12.2 Å². The van der Waals surface area contributed by atoms with Gasteiger partial charge in [-0.25, -0.2) is 0 Å². The van der Waals surface area contributed by atoms with Crippen LogP contribution in [0.25, 0.3) is 0 Å². The lowest BCUT2D eigenvalue weighted by molar-refractivity contribution is -0.125. The Morgan fingerprint density at radius 2 is 1.77 bits per heavy atom. The zero-order valence-electron chi connectivity index (χ0n) is 12.9. The van der Waals surface area contributed by atoms with Gasteiger partial charge in [0.2, 0.25) is 11.8 Å². The summed E-state index contributed by atoms with van der Waals surface area (Å²) in [6.07, 6.45) is -0.170. The first-order chi connectivity index (χ1) is 10.6. The first kappa shape index (κ1) is 15.8. The van der Waals surface area contributed by atoms with E-state index in [1.807, 2.05) is 68.4 Å². The van der Waals surface area contributed by atoms with Crippen LogP contribution in [0.1, 0.15) is 18.9 Å². The summed E-state index contributed by atoms with van der Waals surface area (Å²) in [5.41, 5.74) is 2.57. The van der Waals surface area contributed by atoms with Gasteiger partial charge >= 0.3 is 0 Å². The van der Waals surface area contributed by atoms with Gasteiger partial charge in [-0.05, 0) is 43.7 Å². The molecule has 0 heterocycles. The Hall–Kier alpha value is -2.62. The van der Waals surface area contributed by atoms with Crippen LogP contribution in [0.2, 0.25) is 0 Å². The molecule has 0 aliphatic rings. The highest BCUT2D eigenvalue weighted by atomic mass is 16.2. The number of carbonyl (C=O) groups excluding carboxylic acids is 2. The fourth-order valence-corrected chi connectivity index (χ4v) is 2.27. The number of carbonyl (C=O) groups is 2. The quantitative estimate of drug-likeness (QED) is 0.860. The summed E-state index contributed by atoms with van der Waals surface area (Å²) in [5, 5.41) is 2.76. The molecule has 0 atom stereocenters. The van der Waals surface area contributed by atoms with E-state index < -0.39 is 0 Å². The number of benzene rings is 2. The average molecular weight is 296 g/mol. The lowest BCUT2D eigenvalue weighted by atomic mass is 10.2. The zero-order valence-corrected chi connectivity index (χ0v) is 12.9. The van der Waals surface area contributed by atoms with Crippen molar-refractivity contribution in [3.8, 4) is 0 Å². The second-order valence-electron chi connectivity index (χ2n) is 5.07. The van der Waals surface area contributed by atoms with Crippen LogP contribution in [0.15, 0.2) is 54.6 Å². The third-order valence-corrected chi connectivity index (χ3v) is 3.30. The van der Waals surface area contributed by atoms with Crippen molar-refractivity contribution in [1.29, 1.82) is 0 Å². The minimum atomic E-state index is -0.301. The van der Waals surface area contributed by atoms with E-state index in [1.54, 1.807) is 4.90 Å². The van der Waals surface area contributed by atoms with Gasteiger partial charge in [0, 0.05) is 17.9 Å². The van der Waals surface area contributed by atoms with Gasteiger partial charge in [0.15, 0.2) is 0 Å². The van der Waals surface area contributed by atoms with Crippen molar-refractivity contribution in [2.75, 3.05) is 16.8 Å². The standard InChI is InChI=1S/C18H20N2O2/c1-3-20(16-10-5-4-6-11-16)18(22)13-17(21)19-15-9-7-8-14(2)12-15/h4-12H,3,13H2,1-2H3,(H,19,21). The second kappa shape index (κ2) is 7.41. The van der Waals surface area contributed by atoms with Crippen LogP contribution in [0, 0.1) is 6.92 Å². The molecular weight excluding hydrogens is 276 g/mol. The highest BCUT2D eigenvalue weighted by molar-refractivity contribution is 6.09. The SMILES string of the molecule is CCN(C(=O)CC(=O)Nc1cccc(C)c1)c1ccccc1. The van der Waals surface area contributed by atoms with Gasteiger partial charge < -0.3 is 10.2 Å². The molecule has 4 heteroatoms. The molecule has 0 aromatic heterocycles. The van der Waals surface area contributed by atoms with Gasteiger partial charge in [-0.1, -0.05) is 30.3 Å². The number of amides is 2. The first-order valence-corrected chi connectivity index (χ1v) is 7.32. The molecule has 0 radical (unpaired) electrons. The normalized spacial score (nSPS) is 10.1. The van der Waals surface area contributed by atoms with Crippen molar-refractivity contribution in [3.63, 3.8) is 0 Å². The van der Waals surface area contributed by atoms with Gasteiger partial charge in [-0.2, -0.15) is 0 Å². The largest absolute Gasteiger partial charge is 0.326 e. The smallest absolute Gasteiger partial charge is 0.236 e. The van der Waals surface area contributed by atoms with Crippen molar-refractivity contribution in [2.24, 2.45) is 0 Å². The Morgan fingerprint density at radius 1 is 1.05 bits per heavy atom. The van der Waals surface area contributed by atoms with E-state index in [2.05, 4.69) is 5.32 Å². The molecule has 0 aliphatic carbocycles. The van der Waals surface area contributed by atoms with Gasteiger partial charge in [0.25, 0.3) is 0 Å². The molecule has 0 saturated heterocycles. The third kappa shape index (κ3) is 4.19. The molecule has 2 aromatic carbocycles. The second-order valence-corrected chi connectivity index (χ2v) is 5.07. The Bertz CT molecular complexity index is 653. The van der Waals surface area contributed by atoms with Gasteiger partial charge in [-0.15, -0.1) is 0 Å². The fourth-order valence-electron chi connectivity index (χ4n) is 2.27. The molecule has 0 saturated carbocycles. The Kier molecular flexibility index (Phi) is 5.31. The van der Waals surface area contributed by atoms with Crippen molar-refractivity contribution in [3.05, 3.63) is 60.2 Å². The molecule has 0 unspecified atom stereocenters. The molecule has 2 amide bonds. The monoisotopic (exact) mass is 296 g/mol. The molecule has 0 spiro atoms. The predicted octanol–water partition coefficient (Wildman–Crippen LogP) is 3.38. The van der Waals surface area contributed by atoms with Crippen molar-refractivity contribution < 1.29 is 9.59 Å². The van der Waals surface area contributed by atoms with E-state index >= 15 is 0 Å². The van der Waals surface area contributed by atoms with Crippen LogP contribution >= 0.6 is 0 Å². The number of para-hydroxylation sites is 1. The third-order valence-electron chi connectivity index (χ3n) is 3.30. The molecule has 2 aromatic rings. The van der Waals surface area contributed by atoms with Crippen LogP contribution in [-0.4, -0.2) is 18.4 Å². The Labute approximate surface area is 130 Å². The average Bonchev–Trinajstić information content (AvgIpc) is 2.49. The van der Waals surface area contributed by atoms with Crippen LogP contribution in [-0.2, 0) is 9.59 Å². The fraction of sp³-hybridized carbons (Fsp3) is 0.222. The van der Waals surface area contributed by atoms with Crippen LogP contribution < -0.4 is 10.2 Å². The van der Waals surface area contributed by atoms with Crippen LogP contribution in [0.4, 0.5) is 11.4 Å². The summed E-state index contributed by atoms with van der Waals surface area (Å²) in [6.45, 7) is 4.37. The molecule has 114 valence electrons. The molecule has 0 fully saturated rings. The summed E-state index contributed by atoms with van der Waals surface area (Å²) in [6, 6.07) is 16.9. The predicted molar refractivity (Wildman–Crippen MR) is 88.9 cm³/mol. The van der Waals surface area contributed by atoms with Gasteiger partial charge in [0.05, 0.1) is 0 Å². The molecule has 2 rings (SSSR count). The molecular formula is C18H20N2O2. The number of nitrogens with one attached hydrogen (secondary N) is 1. The number of hydrogen-bond donors (Lipinski definition) is 1. The van der Waals surface area contributed by atoms with Crippen molar-refractivity contribution in [2.45, 2.75) is 20.3 Å². The summed E-state index contributed by atoms with van der Waals surface area (Å²) in [7, 11) is 0. The minimum Gasteiger partial charge on any atom is -0.326 e. The van der Waals surface area contributed by atoms with E-state index in [4.69, 9.17) is 0 Å². The maximum absolute atomic E-state index is 12.3. The summed E-state index contributed by atoms with van der Waals surface area (Å²) in [4.78, 5) is 25.9. The molecule has 22 heavy (non-hydrogen) atoms. The molecule has 0 bridgehead atoms. The Balaban J connectivity index is 1.99. The summed E-state index contributed by atoms with van der Waals surface area (Å²) < 4.78 is 0. The maximum Gasteiger partial charge on any atom is 0.236 e. The van der Waals surface area contributed by atoms with E-state index in [9.17, 15) is 9.59 Å². The molecule has 0 aliphatic heterocycles. The van der Waals surface area contributed by atoms with E-state index in [-0.39, 0.29) is 18.2 Å². The minimum absolute atomic E-state index is 0.170. The van der Waals surface area contributed by atoms with Crippen LogP contribution in [0.3, 0.4) is 0 Å². The maximum atomic E-state index is 12.3. The lowest BCUT2D eigenvalue weighted by Crippen LogP contribution is -2.33. The Morgan fingerprint density at radius 3 is 2.41 bits per heavy atom. The number of hydrogen-bond acceptors (Lipinski definition) is 2. The number of rotatable bonds is 5. The van der Waals surface area contributed by atoms with Gasteiger partial charge in [0.1, 0.15) is 6.42 Å². The first-order valence-electron chi connectivity index (χ1n) is 7.32. The summed E-state index contributed by atoms with van der Waals surface area (Å²) in [5.74, 6) is -0.510. The highest BCUT2D eigenvalue weighted by Crippen LogP contribution is 2.15. The molecule has 1 N–H and O–H groups in total. The highest BCUT2D eigenvalue weighted by Gasteiger charge is 2.17. The van der Waals surface area contributed by atoms with E-state index in [1.165, 1.54) is 0 Å². The summed E-state index contributed by atoms with van der Waals surface area (Å²) >= 11 is 0. The number of anilines is 2. The molecule has 4 nitrogen and oxygen atoms in total. The van der Waals surface area contributed by atoms with Gasteiger partial charge in [-0.3, -0.25) is 9.59 Å². The van der Waals surface area contributed by atoms with Crippen molar-refractivity contribution in [1.82, 2.24) is 0 Å². The lowest BCUT2D eigenvalue weighted by Gasteiger charge is -2.20. The van der Waals surface area contributed by atoms with Crippen LogP contribution in [0.5, 0.6) is 0 Å². The van der Waals surface area contributed by atoms with E-state index in [0.717, 1.165) is 11.3 Å². The number of nitrogens with zero attached hydrogens (tertiary/aromatic N) is 1. The topological polar surface area (TPSA) is 49.4 Å². The zero-order chi connectivity index (χ0) is 15.9.